The molecule has 4 heteroatoms. The number of aromatic nitrogens is 1. The van der Waals surface area contributed by atoms with Crippen LogP contribution in [0.2, 0.25) is 0 Å². The van der Waals surface area contributed by atoms with Gasteiger partial charge in [0.1, 0.15) is 5.56 Å². The molecule has 1 amide bonds. The summed E-state index contributed by atoms with van der Waals surface area (Å²) in [5.41, 5.74) is -0.466. The standard InChI is InChI=1S/C10H14N2O2/c1-10(2,3)12-9(14)7-6-11-5-4-8(7)13/h4-6H,1-3H3,(H,11,13)(H,12,14). The van der Waals surface area contributed by atoms with E-state index in [0.29, 0.717) is 0 Å². The Morgan fingerprint density at radius 3 is 2.57 bits per heavy atom. The van der Waals surface area contributed by atoms with Crippen LogP contribution in [0.1, 0.15) is 31.1 Å². The number of carbonyl (C=O) groups excluding carboxylic acids is 1. The highest BCUT2D eigenvalue weighted by molar-refractivity contribution is 5.94. The number of pyridine rings is 1. The van der Waals surface area contributed by atoms with E-state index in [1.807, 2.05) is 20.8 Å². The summed E-state index contributed by atoms with van der Waals surface area (Å²) in [4.78, 5) is 25.5. The molecule has 0 fully saturated rings. The first kappa shape index (κ1) is 10.5. The van der Waals surface area contributed by atoms with Gasteiger partial charge in [0.25, 0.3) is 5.91 Å². The summed E-state index contributed by atoms with van der Waals surface area (Å²) in [6.07, 6.45) is 2.90. The SMILES string of the molecule is CC(C)(C)NC(=O)c1c[nH]ccc1=O. The smallest absolute Gasteiger partial charge is 0.257 e. The molecular formula is C10H14N2O2. The molecule has 0 bridgehead atoms. The lowest BCUT2D eigenvalue weighted by Gasteiger charge is -2.19. The van der Waals surface area contributed by atoms with Gasteiger partial charge in [0.15, 0.2) is 5.43 Å². The van der Waals surface area contributed by atoms with E-state index in [0.717, 1.165) is 0 Å². The van der Waals surface area contributed by atoms with Crippen molar-refractivity contribution in [3.63, 3.8) is 0 Å². The third kappa shape index (κ3) is 2.73. The lowest BCUT2D eigenvalue weighted by Crippen LogP contribution is -2.42. The molecule has 2 N–H and O–H groups in total. The Labute approximate surface area is 82.3 Å². The number of hydrogen-bond acceptors (Lipinski definition) is 2. The fourth-order valence-electron chi connectivity index (χ4n) is 1.00. The quantitative estimate of drug-likeness (QED) is 0.697. The Morgan fingerprint density at radius 1 is 1.43 bits per heavy atom. The molecule has 76 valence electrons. The molecule has 14 heavy (non-hydrogen) atoms. The van der Waals surface area contributed by atoms with Crippen LogP contribution in [0.4, 0.5) is 0 Å². The molecule has 0 aliphatic heterocycles. The fourth-order valence-corrected chi connectivity index (χ4v) is 1.00. The van der Waals surface area contributed by atoms with Crippen LogP contribution in [0.3, 0.4) is 0 Å². The van der Waals surface area contributed by atoms with Gasteiger partial charge in [-0.05, 0) is 20.8 Å². The van der Waals surface area contributed by atoms with Crippen LogP contribution in [0.15, 0.2) is 23.3 Å². The van der Waals surface area contributed by atoms with Crippen LogP contribution in [-0.4, -0.2) is 16.4 Å². The van der Waals surface area contributed by atoms with E-state index in [4.69, 9.17) is 0 Å². The van der Waals surface area contributed by atoms with Crippen LogP contribution >= 0.6 is 0 Å². The predicted octanol–water partition coefficient (Wildman–Crippen LogP) is 0.903. The third-order valence-electron chi connectivity index (χ3n) is 1.56. The molecule has 4 nitrogen and oxygen atoms in total. The van der Waals surface area contributed by atoms with Gasteiger partial charge in [-0.1, -0.05) is 0 Å². The second-order valence-electron chi connectivity index (χ2n) is 4.13. The van der Waals surface area contributed by atoms with Gasteiger partial charge in [0, 0.05) is 24.0 Å². The van der Waals surface area contributed by atoms with E-state index in [9.17, 15) is 9.59 Å². The van der Waals surface area contributed by atoms with E-state index in [-0.39, 0.29) is 22.4 Å². The summed E-state index contributed by atoms with van der Waals surface area (Å²) in [5.74, 6) is -0.348. The van der Waals surface area contributed by atoms with Crippen LogP contribution in [0.25, 0.3) is 0 Å². The topological polar surface area (TPSA) is 62.0 Å². The molecule has 1 rings (SSSR count). The average molecular weight is 194 g/mol. The highest BCUT2D eigenvalue weighted by atomic mass is 16.2. The molecule has 1 aromatic rings. The summed E-state index contributed by atoms with van der Waals surface area (Å²) < 4.78 is 0. The van der Waals surface area contributed by atoms with Gasteiger partial charge in [-0.2, -0.15) is 0 Å². The maximum absolute atomic E-state index is 11.6. The van der Waals surface area contributed by atoms with Crippen LogP contribution < -0.4 is 10.7 Å². The van der Waals surface area contributed by atoms with E-state index >= 15 is 0 Å². The van der Waals surface area contributed by atoms with Gasteiger partial charge >= 0.3 is 0 Å². The first-order valence-corrected chi connectivity index (χ1v) is 4.40. The lowest BCUT2D eigenvalue weighted by atomic mass is 10.1. The zero-order valence-corrected chi connectivity index (χ0v) is 8.55. The maximum atomic E-state index is 11.6. The summed E-state index contributed by atoms with van der Waals surface area (Å²) in [6.45, 7) is 5.59. The third-order valence-corrected chi connectivity index (χ3v) is 1.56. The Hall–Kier alpha value is -1.58. The second kappa shape index (κ2) is 3.65. The number of hydrogen-bond donors (Lipinski definition) is 2. The largest absolute Gasteiger partial charge is 0.367 e. The molecule has 0 aliphatic rings. The summed E-state index contributed by atoms with van der Waals surface area (Å²) in [5, 5.41) is 2.72. The van der Waals surface area contributed by atoms with Gasteiger partial charge in [0.2, 0.25) is 0 Å². The Balaban J connectivity index is 2.92. The number of H-pyrrole nitrogens is 1. The predicted molar refractivity (Wildman–Crippen MR) is 54.3 cm³/mol. The molecule has 0 spiro atoms. The molecule has 1 heterocycles. The number of amides is 1. The summed E-state index contributed by atoms with van der Waals surface area (Å²) in [6, 6.07) is 1.33. The fraction of sp³-hybridized carbons (Fsp3) is 0.400. The highest BCUT2D eigenvalue weighted by Gasteiger charge is 2.16. The zero-order chi connectivity index (χ0) is 10.8. The van der Waals surface area contributed by atoms with Crippen molar-refractivity contribution in [1.29, 1.82) is 0 Å². The minimum atomic E-state index is -0.348. The minimum Gasteiger partial charge on any atom is -0.367 e. The molecule has 0 atom stereocenters. The lowest BCUT2D eigenvalue weighted by molar-refractivity contribution is 0.0918. The van der Waals surface area contributed by atoms with Crippen LogP contribution in [0, 0.1) is 0 Å². The number of rotatable bonds is 1. The number of nitrogens with one attached hydrogen (secondary N) is 2. The van der Waals surface area contributed by atoms with Crippen LogP contribution in [-0.2, 0) is 0 Å². The number of carbonyl (C=O) groups is 1. The zero-order valence-electron chi connectivity index (χ0n) is 8.55. The van der Waals surface area contributed by atoms with Gasteiger partial charge in [-0.15, -0.1) is 0 Å². The van der Waals surface area contributed by atoms with E-state index in [1.54, 1.807) is 0 Å². The van der Waals surface area contributed by atoms with Crippen molar-refractivity contribution >= 4 is 5.91 Å². The monoisotopic (exact) mass is 194 g/mol. The molecule has 0 aliphatic carbocycles. The van der Waals surface area contributed by atoms with Crippen molar-refractivity contribution in [2.75, 3.05) is 0 Å². The van der Waals surface area contributed by atoms with Gasteiger partial charge in [-0.3, -0.25) is 9.59 Å². The first-order chi connectivity index (χ1) is 6.40. The van der Waals surface area contributed by atoms with Crippen molar-refractivity contribution in [3.05, 3.63) is 34.2 Å². The van der Waals surface area contributed by atoms with Crippen molar-refractivity contribution in [1.82, 2.24) is 10.3 Å². The van der Waals surface area contributed by atoms with Gasteiger partial charge in [-0.25, -0.2) is 0 Å². The first-order valence-electron chi connectivity index (χ1n) is 4.40. The minimum absolute atomic E-state index is 0.141. The highest BCUT2D eigenvalue weighted by Crippen LogP contribution is 2.00. The van der Waals surface area contributed by atoms with Crippen molar-refractivity contribution < 1.29 is 4.79 Å². The number of aromatic amines is 1. The van der Waals surface area contributed by atoms with Crippen molar-refractivity contribution in [3.8, 4) is 0 Å². The summed E-state index contributed by atoms with van der Waals surface area (Å²) >= 11 is 0. The Bertz CT molecular complexity index is 388. The molecule has 0 aromatic carbocycles. The van der Waals surface area contributed by atoms with Gasteiger partial charge < -0.3 is 10.3 Å². The Kier molecular flexibility index (Phi) is 2.74. The second-order valence-corrected chi connectivity index (χ2v) is 4.13. The van der Waals surface area contributed by atoms with E-state index in [2.05, 4.69) is 10.3 Å². The van der Waals surface area contributed by atoms with Crippen molar-refractivity contribution in [2.45, 2.75) is 26.3 Å². The summed E-state index contributed by atoms with van der Waals surface area (Å²) in [7, 11) is 0. The maximum Gasteiger partial charge on any atom is 0.257 e. The van der Waals surface area contributed by atoms with E-state index < -0.39 is 0 Å². The van der Waals surface area contributed by atoms with Crippen LogP contribution in [0.5, 0.6) is 0 Å². The normalized spacial score (nSPS) is 11.1. The molecule has 1 aromatic heterocycles. The molecule has 0 saturated carbocycles. The van der Waals surface area contributed by atoms with E-state index in [1.165, 1.54) is 18.5 Å². The molecule has 0 unspecified atom stereocenters. The molecule has 0 saturated heterocycles. The molecule has 0 radical (unpaired) electrons. The molecular weight excluding hydrogens is 180 g/mol. The average Bonchev–Trinajstić information content (AvgIpc) is 2.01. The Morgan fingerprint density at radius 2 is 2.07 bits per heavy atom. The van der Waals surface area contributed by atoms with Gasteiger partial charge in [0.05, 0.1) is 0 Å². The van der Waals surface area contributed by atoms with Crippen molar-refractivity contribution in [2.24, 2.45) is 0 Å².